The zero-order chi connectivity index (χ0) is 11.3. The number of anilines is 1. The van der Waals surface area contributed by atoms with Gasteiger partial charge in [-0.2, -0.15) is 0 Å². The molecule has 4 heteroatoms. The highest BCUT2D eigenvalue weighted by Crippen LogP contribution is 2.17. The molecule has 15 heavy (non-hydrogen) atoms. The maximum absolute atomic E-state index is 9.28. The lowest BCUT2D eigenvalue weighted by Crippen LogP contribution is -2.33. The SMILES string of the molecule is COC(OC)C(C)Nc1cccc(O)c1. The van der Waals surface area contributed by atoms with Gasteiger partial charge in [-0.1, -0.05) is 6.07 Å². The van der Waals surface area contributed by atoms with Crippen LogP contribution in [0.4, 0.5) is 5.69 Å². The molecule has 0 spiro atoms. The van der Waals surface area contributed by atoms with Crippen LogP contribution in [0.2, 0.25) is 0 Å². The Morgan fingerprint density at radius 2 is 1.93 bits per heavy atom. The molecule has 4 nitrogen and oxygen atoms in total. The molecule has 0 bridgehead atoms. The van der Waals surface area contributed by atoms with Crippen LogP contribution in [0, 0.1) is 0 Å². The minimum atomic E-state index is -0.313. The van der Waals surface area contributed by atoms with Crippen LogP contribution in [-0.2, 0) is 9.47 Å². The number of benzene rings is 1. The molecule has 0 heterocycles. The van der Waals surface area contributed by atoms with Crippen LogP contribution in [0.5, 0.6) is 5.75 Å². The summed E-state index contributed by atoms with van der Waals surface area (Å²) in [6.45, 7) is 1.95. The van der Waals surface area contributed by atoms with Crippen LogP contribution in [0.15, 0.2) is 24.3 Å². The number of hydrogen-bond acceptors (Lipinski definition) is 4. The lowest BCUT2D eigenvalue weighted by atomic mass is 10.2. The van der Waals surface area contributed by atoms with Gasteiger partial charge in [0.2, 0.25) is 0 Å². The van der Waals surface area contributed by atoms with Crippen LogP contribution < -0.4 is 5.32 Å². The van der Waals surface area contributed by atoms with Crippen LogP contribution >= 0.6 is 0 Å². The van der Waals surface area contributed by atoms with Crippen molar-refractivity contribution in [1.29, 1.82) is 0 Å². The van der Waals surface area contributed by atoms with E-state index >= 15 is 0 Å². The summed E-state index contributed by atoms with van der Waals surface area (Å²) < 4.78 is 10.2. The fourth-order valence-electron chi connectivity index (χ4n) is 1.43. The number of phenols is 1. The highest BCUT2D eigenvalue weighted by molar-refractivity contribution is 5.48. The van der Waals surface area contributed by atoms with E-state index in [0.717, 1.165) is 5.69 Å². The molecule has 1 aromatic carbocycles. The Bertz CT molecular complexity index is 300. The van der Waals surface area contributed by atoms with Crippen molar-refractivity contribution in [2.45, 2.75) is 19.3 Å². The van der Waals surface area contributed by atoms with E-state index in [9.17, 15) is 5.11 Å². The molecule has 0 saturated carbocycles. The van der Waals surface area contributed by atoms with E-state index in [2.05, 4.69) is 5.32 Å². The van der Waals surface area contributed by atoms with E-state index < -0.39 is 0 Å². The van der Waals surface area contributed by atoms with Gasteiger partial charge in [0.25, 0.3) is 0 Å². The van der Waals surface area contributed by atoms with E-state index in [4.69, 9.17) is 9.47 Å². The molecule has 1 rings (SSSR count). The number of ether oxygens (including phenoxy) is 2. The van der Waals surface area contributed by atoms with E-state index in [1.54, 1.807) is 32.4 Å². The Morgan fingerprint density at radius 1 is 1.27 bits per heavy atom. The third-order valence-electron chi connectivity index (χ3n) is 2.11. The van der Waals surface area contributed by atoms with Crippen molar-refractivity contribution in [2.75, 3.05) is 19.5 Å². The summed E-state index contributed by atoms with van der Waals surface area (Å²) in [7, 11) is 3.18. The van der Waals surface area contributed by atoms with Crippen molar-refractivity contribution in [3.05, 3.63) is 24.3 Å². The van der Waals surface area contributed by atoms with Gasteiger partial charge in [-0.3, -0.25) is 0 Å². The number of aromatic hydroxyl groups is 1. The van der Waals surface area contributed by atoms with Crippen LogP contribution in [0.3, 0.4) is 0 Å². The summed E-state index contributed by atoms with van der Waals surface area (Å²) in [4.78, 5) is 0. The molecule has 2 N–H and O–H groups in total. The Balaban J connectivity index is 2.61. The molecule has 0 aliphatic carbocycles. The van der Waals surface area contributed by atoms with Gasteiger partial charge in [-0.15, -0.1) is 0 Å². The van der Waals surface area contributed by atoms with Gasteiger partial charge in [0, 0.05) is 26.0 Å². The zero-order valence-corrected chi connectivity index (χ0v) is 9.23. The Labute approximate surface area is 89.8 Å². The molecular weight excluding hydrogens is 194 g/mol. The molecule has 0 radical (unpaired) electrons. The summed E-state index contributed by atoms with van der Waals surface area (Å²) >= 11 is 0. The smallest absolute Gasteiger partial charge is 0.176 e. The summed E-state index contributed by atoms with van der Waals surface area (Å²) in [5.41, 5.74) is 0.835. The number of hydrogen-bond donors (Lipinski definition) is 2. The first-order valence-electron chi connectivity index (χ1n) is 4.78. The molecule has 0 aliphatic rings. The zero-order valence-electron chi connectivity index (χ0n) is 9.23. The fraction of sp³-hybridized carbons (Fsp3) is 0.455. The molecule has 0 aliphatic heterocycles. The summed E-state index contributed by atoms with van der Waals surface area (Å²) in [5, 5.41) is 12.5. The van der Waals surface area contributed by atoms with E-state index in [1.165, 1.54) is 0 Å². The lowest BCUT2D eigenvalue weighted by Gasteiger charge is -2.23. The monoisotopic (exact) mass is 211 g/mol. The molecule has 84 valence electrons. The van der Waals surface area contributed by atoms with E-state index in [1.807, 2.05) is 13.0 Å². The summed E-state index contributed by atoms with van der Waals surface area (Å²) in [6, 6.07) is 6.93. The molecule has 1 unspecified atom stereocenters. The summed E-state index contributed by atoms with van der Waals surface area (Å²) in [6.07, 6.45) is -0.313. The quantitative estimate of drug-likeness (QED) is 0.729. The van der Waals surface area contributed by atoms with Crippen molar-refractivity contribution in [3.63, 3.8) is 0 Å². The fourth-order valence-corrected chi connectivity index (χ4v) is 1.43. The van der Waals surface area contributed by atoms with E-state index in [0.29, 0.717) is 0 Å². The first kappa shape index (κ1) is 11.8. The standard InChI is InChI=1S/C11H17NO3/c1-8(11(14-2)15-3)12-9-5-4-6-10(13)7-9/h4-8,11-13H,1-3H3. The number of rotatable bonds is 5. The van der Waals surface area contributed by atoms with Crippen molar-refractivity contribution >= 4 is 5.69 Å². The topological polar surface area (TPSA) is 50.7 Å². The predicted octanol–water partition coefficient (Wildman–Crippen LogP) is 1.81. The minimum absolute atomic E-state index is 0.00167. The minimum Gasteiger partial charge on any atom is -0.508 e. The Hall–Kier alpha value is -1.26. The van der Waals surface area contributed by atoms with Gasteiger partial charge in [-0.25, -0.2) is 0 Å². The average molecular weight is 211 g/mol. The first-order chi connectivity index (χ1) is 7.17. The average Bonchev–Trinajstić information content (AvgIpc) is 2.19. The molecule has 1 atom stereocenters. The van der Waals surface area contributed by atoms with Crippen LogP contribution in [0.25, 0.3) is 0 Å². The van der Waals surface area contributed by atoms with Gasteiger partial charge in [0.1, 0.15) is 5.75 Å². The number of nitrogens with one attached hydrogen (secondary N) is 1. The Kier molecular flexibility index (Phi) is 4.39. The van der Waals surface area contributed by atoms with Gasteiger partial charge >= 0.3 is 0 Å². The number of phenolic OH excluding ortho intramolecular Hbond substituents is 1. The normalized spacial score (nSPS) is 12.8. The van der Waals surface area contributed by atoms with Crippen LogP contribution in [-0.4, -0.2) is 31.7 Å². The molecule has 0 amide bonds. The highest BCUT2D eigenvalue weighted by Gasteiger charge is 2.15. The molecule has 0 fully saturated rings. The van der Waals surface area contributed by atoms with E-state index in [-0.39, 0.29) is 18.1 Å². The molecule has 1 aromatic rings. The van der Waals surface area contributed by atoms with Crippen molar-refractivity contribution in [3.8, 4) is 5.75 Å². The van der Waals surface area contributed by atoms with Crippen molar-refractivity contribution in [2.24, 2.45) is 0 Å². The van der Waals surface area contributed by atoms with Crippen LogP contribution in [0.1, 0.15) is 6.92 Å². The number of methoxy groups -OCH3 is 2. The summed E-state index contributed by atoms with van der Waals surface area (Å²) in [5.74, 6) is 0.235. The highest BCUT2D eigenvalue weighted by atomic mass is 16.7. The maximum atomic E-state index is 9.28. The first-order valence-corrected chi connectivity index (χ1v) is 4.78. The second-order valence-electron chi connectivity index (χ2n) is 3.32. The molecular formula is C11H17NO3. The van der Waals surface area contributed by atoms with Crippen molar-refractivity contribution < 1.29 is 14.6 Å². The van der Waals surface area contributed by atoms with Gasteiger partial charge < -0.3 is 19.9 Å². The molecule has 0 aromatic heterocycles. The third kappa shape index (κ3) is 3.42. The maximum Gasteiger partial charge on any atom is 0.176 e. The second-order valence-corrected chi connectivity index (χ2v) is 3.32. The third-order valence-corrected chi connectivity index (χ3v) is 2.11. The predicted molar refractivity (Wildman–Crippen MR) is 59.0 cm³/mol. The van der Waals surface area contributed by atoms with Gasteiger partial charge in [-0.05, 0) is 19.1 Å². The second kappa shape index (κ2) is 5.58. The van der Waals surface area contributed by atoms with Crippen molar-refractivity contribution in [1.82, 2.24) is 0 Å². The lowest BCUT2D eigenvalue weighted by molar-refractivity contribution is -0.109. The largest absolute Gasteiger partial charge is 0.508 e. The Morgan fingerprint density at radius 3 is 2.47 bits per heavy atom. The molecule has 0 saturated heterocycles. The van der Waals surface area contributed by atoms with Gasteiger partial charge in [0.15, 0.2) is 6.29 Å². The van der Waals surface area contributed by atoms with Gasteiger partial charge in [0.05, 0.1) is 6.04 Å².